The molecule has 0 unspecified atom stereocenters. The van der Waals surface area contributed by atoms with Crippen molar-refractivity contribution in [3.63, 3.8) is 0 Å². The Morgan fingerprint density at radius 3 is 2.28 bits per heavy atom. The Bertz CT molecular complexity index is 969. The number of rotatable bonds is 7. The Hall–Kier alpha value is -3.45. The van der Waals surface area contributed by atoms with Crippen LogP contribution >= 0.6 is 0 Å². The van der Waals surface area contributed by atoms with E-state index >= 15 is 0 Å². The molecule has 0 spiro atoms. The van der Waals surface area contributed by atoms with E-state index < -0.39 is 12.1 Å². The van der Waals surface area contributed by atoms with E-state index in [0.717, 1.165) is 25.2 Å². The van der Waals surface area contributed by atoms with Crippen molar-refractivity contribution in [3.8, 4) is 0 Å². The van der Waals surface area contributed by atoms with E-state index in [2.05, 4.69) is 34.5 Å². The molecule has 2 aliphatic heterocycles. The molecule has 4 amide bonds. The fraction of sp³-hybridized carbons (Fsp3) is 0.320. The third-order valence-electron chi connectivity index (χ3n) is 5.87. The first-order valence-corrected chi connectivity index (χ1v) is 11.0. The van der Waals surface area contributed by atoms with Gasteiger partial charge in [0.25, 0.3) is 5.91 Å². The van der Waals surface area contributed by atoms with Crippen molar-refractivity contribution < 1.29 is 14.4 Å². The second kappa shape index (κ2) is 10.2. The predicted octanol–water partition coefficient (Wildman–Crippen LogP) is 2.35. The van der Waals surface area contributed by atoms with Gasteiger partial charge in [-0.3, -0.25) is 19.4 Å². The summed E-state index contributed by atoms with van der Waals surface area (Å²) in [4.78, 5) is 43.0. The van der Waals surface area contributed by atoms with Crippen molar-refractivity contribution in [2.45, 2.75) is 19.0 Å². The second-order valence-corrected chi connectivity index (χ2v) is 8.11. The Balaban J connectivity index is 1.23. The Morgan fingerprint density at radius 2 is 1.59 bits per heavy atom. The van der Waals surface area contributed by atoms with Gasteiger partial charge in [0.1, 0.15) is 6.04 Å². The zero-order valence-corrected chi connectivity index (χ0v) is 18.0. The van der Waals surface area contributed by atoms with E-state index in [-0.39, 0.29) is 24.8 Å². The first-order valence-electron chi connectivity index (χ1n) is 11.0. The second-order valence-electron chi connectivity index (χ2n) is 8.11. The Kier molecular flexibility index (Phi) is 6.97. The van der Waals surface area contributed by atoms with Crippen LogP contribution in [0.5, 0.6) is 0 Å². The molecule has 1 atom stereocenters. The molecule has 2 aromatic carbocycles. The van der Waals surface area contributed by atoms with Crippen LogP contribution in [0.4, 0.5) is 4.79 Å². The molecule has 0 aromatic heterocycles. The van der Waals surface area contributed by atoms with Crippen molar-refractivity contribution in [1.82, 2.24) is 20.0 Å². The third-order valence-corrected chi connectivity index (χ3v) is 5.87. The van der Waals surface area contributed by atoms with Crippen molar-refractivity contribution in [2.24, 2.45) is 0 Å². The largest absolute Gasteiger partial charge is 0.340 e. The number of piperazine rings is 1. The predicted molar refractivity (Wildman–Crippen MR) is 122 cm³/mol. The number of nitrogens with zero attached hydrogens (tertiary/aromatic N) is 3. The average Bonchev–Trinajstić information content (AvgIpc) is 3.08. The number of nitrogens with one attached hydrogen (secondary N) is 1. The number of urea groups is 1. The molecule has 0 saturated carbocycles. The number of hydrogen-bond donors (Lipinski definition) is 1. The maximum atomic E-state index is 12.7. The minimum absolute atomic E-state index is 0.00374. The van der Waals surface area contributed by atoms with E-state index in [0.29, 0.717) is 13.1 Å². The molecular weight excluding hydrogens is 404 g/mol. The van der Waals surface area contributed by atoms with Crippen molar-refractivity contribution in [3.05, 3.63) is 77.9 Å². The zero-order valence-electron chi connectivity index (χ0n) is 18.0. The van der Waals surface area contributed by atoms with Crippen LogP contribution in [0.25, 0.3) is 6.08 Å². The van der Waals surface area contributed by atoms with Crippen LogP contribution in [0, 0.1) is 0 Å². The first kappa shape index (κ1) is 21.8. The quantitative estimate of drug-likeness (QED) is 0.682. The van der Waals surface area contributed by atoms with Gasteiger partial charge in [-0.05, 0) is 11.1 Å². The summed E-state index contributed by atoms with van der Waals surface area (Å²) in [6.07, 6.45) is 4.25. The number of carbonyl (C=O) groups excluding carboxylic acids is 3. The summed E-state index contributed by atoms with van der Waals surface area (Å²) in [6, 6.07) is 18.3. The summed E-state index contributed by atoms with van der Waals surface area (Å²) < 4.78 is 0. The molecule has 0 aliphatic carbocycles. The van der Waals surface area contributed by atoms with Crippen molar-refractivity contribution in [2.75, 3.05) is 32.7 Å². The van der Waals surface area contributed by atoms with E-state index in [9.17, 15) is 14.4 Å². The number of benzene rings is 2. The number of amides is 4. The van der Waals surface area contributed by atoms with Crippen molar-refractivity contribution >= 4 is 23.9 Å². The number of carbonyl (C=O) groups is 3. The fourth-order valence-corrected chi connectivity index (χ4v) is 4.02. The molecule has 2 saturated heterocycles. The minimum atomic E-state index is -0.787. The standard InChI is InChI=1S/C25H28N4O3/c30-23(18-22-24(31)29(25(32)26-22)19-21-10-5-2-6-11-21)28-16-14-27(15-17-28)13-7-12-20-8-3-1-4-9-20/h1-12,22H,13-19H2,(H,26,32)/t22-/m0/s1. The molecular formula is C25H28N4O3. The third kappa shape index (κ3) is 5.42. The van der Waals surface area contributed by atoms with E-state index in [1.165, 1.54) is 10.5 Å². The maximum absolute atomic E-state index is 12.7. The van der Waals surface area contributed by atoms with Crippen LogP contribution in [0.2, 0.25) is 0 Å². The summed E-state index contributed by atoms with van der Waals surface area (Å²) in [5, 5.41) is 2.67. The zero-order chi connectivity index (χ0) is 22.3. The summed E-state index contributed by atoms with van der Waals surface area (Å²) in [5.41, 5.74) is 2.05. The van der Waals surface area contributed by atoms with Gasteiger partial charge in [-0.2, -0.15) is 0 Å². The lowest BCUT2D eigenvalue weighted by molar-refractivity contribution is -0.137. The van der Waals surface area contributed by atoms with Gasteiger partial charge in [0.05, 0.1) is 13.0 Å². The van der Waals surface area contributed by atoms with Crippen LogP contribution < -0.4 is 5.32 Å². The smallest absolute Gasteiger partial charge is 0.325 e. The molecule has 166 valence electrons. The van der Waals surface area contributed by atoms with Gasteiger partial charge in [0.2, 0.25) is 5.91 Å². The lowest BCUT2D eigenvalue weighted by Crippen LogP contribution is -2.50. The van der Waals surface area contributed by atoms with Gasteiger partial charge < -0.3 is 10.2 Å². The van der Waals surface area contributed by atoms with Crippen molar-refractivity contribution in [1.29, 1.82) is 0 Å². The van der Waals surface area contributed by atoms with E-state index in [1.54, 1.807) is 4.90 Å². The van der Waals surface area contributed by atoms with Gasteiger partial charge >= 0.3 is 6.03 Å². The lowest BCUT2D eigenvalue weighted by Gasteiger charge is -2.34. The molecule has 2 aromatic rings. The molecule has 2 fully saturated rings. The average molecular weight is 433 g/mol. The molecule has 32 heavy (non-hydrogen) atoms. The van der Waals surface area contributed by atoms with Crippen LogP contribution in [0.15, 0.2) is 66.7 Å². The molecule has 0 bridgehead atoms. The number of hydrogen-bond acceptors (Lipinski definition) is 4. The highest BCUT2D eigenvalue weighted by atomic mass is 16.2. The topological polar surface area (TPSA) is 73.0 Å². The SMILES string of the molecule is O=C(C[C@@H]1NC(=O)N(Cc2ccccc2)C1=O)N1CCN(CC=Cc2ccccc2)CC1. The van der Waals surface area contributed by atoms with E-state index in [1.807, 2.05) is 48.5 Å². The lowest BCUT2D eigenvalue weighted by atomic mass is 10.1. The normalized spacial score (nSPS) is 19.6. The summed E-state index contributed by atoms with van der Waals surface area (Å²) in [5.74, 6) is -0.429. The molecule has 7 heteroatoms. The Morgan fingerprint density at radius 1 is 0.938 bits per heavy atom. The first-order chi connectivity index (χ1) is 15.6. The summed E-state index contributed by atoms with van der Waals surface area (Å²) in [7, 11) is 0. The molecule has 2 heterocycles. The van der Waals surface area contributed by atoms with Gasteiger partial charge in [0.15, 0.2) is 0 Å². The van der Waals surface area contributed by atoms with Crippen LogP contribution in [0.1, 0.15) is 17.5 Å². The van der Waals surface area contributed by atoms with E-state index in [4.69, 9.17) is 0 Å². The van der Waals surface area contributed by atoms with Crippen LogP contribution in [0.3, 0.4) is 0 Å². The molecule has 2 aliphatic rings. The fourth-order valence-electron chi connectivity index (χ4n) is 4.02. The molecule has 7 nitrogen and oxygen atoms in total. The van der Waals surface area contributed by atoms with Gasteiger partial charge in [-0.1, -0.05) is 72.8 Å². The monoisotopic (exact) mass is 432 g/mol. The number of imide groups is 1. The minimum Gasteiger partial charge on any atom is -0.340 e. The van der Waals surface area contributed by atoms with Gasteiger partial charge in [-0.15, -0.1) is 0 Å². The maximum Gasteiger partial charge on any atom is 0.325 e. The molecule has 1 N–H and O–H groups in total. The van der Waals surface area contributed by atoms with Gasteiger partial charge in [-0.25, -0.2) is 4.79 Å². The van der Waals surface area contributed by atoms with Crippen LogP contribution in [-0.4, -0.2) is 71.3 Å². The highest BCUT2D eigenvalue weighted by Gasteiger charge is 2.39. The highest BCUT2D eigenvalue weighted by molar-refractivity contribution is 6.05. The van der Waals surface area contributed by atoms with Gasteiger partial charge in [0, 0.05) is 32.7 Å². The van der Waals surface area contributed by atoms with Crippen LogP contribution in [-0.2, 0) is 16.1 Å². The Labute approximate surface area is 188 Å². The molecule has 4 rings (SSSR count). The molecule has 0 radical (unpaired) electrons. The summed E-state index contributed by atoms with van der Waals surface area (Å²) in [6.45, 7) is 3.88. The summed E-state index contributed by atoms with van der Waals surface area (Å²) >= 11 is 0. The highest BCUT2D eigenvalue weighted by Crippen LogP contribution is 2.15.